The van der Waals surface area contributed by atoms with Gasteiger partial charge >= 0.3 is 5.97 Å². The highest BCUT2D eigenvalue weighted by Crippen LogP contribution is 2.24. The molecule has 1 rings (SSSR count). The van der Waals surface area contributed by atoms with E-state index in [2.05, 4.69) is 10.1 Å². The Bertz CT molecular complexity index is 430. The van der Waals surface area contributed by atoms with Crippen molar-refractivity contribution in [1.29, 1.82) is 0 Å². The monoisotopic (exact) mass is 252 g/mol. The zero-order chi connectivity index (χ0) is 13.8. The van der Waals surface area contributed by atoms with E-state index in [4.69, 9.17) is 10.5 Å². The molecule has 0 spiro atoms. The second-order valence-electron chi connectivity index (χ2n) is 4.58. The van der Waals surface area contributed by atoms with Gasteiger partial charge in [0.05, 0.1) is 29.6 Å². The number of nitrogens with one attached hydrogen (secondary N) is 1. The van der Waals surface area contributed by atoms with Gasteiger partial charge in [0.1, 0.15) is 0 Å². The zero-order valence-corrected chi connectivity index (χ0v) is 11.2. The third-order valence-electron chi connectivity index (χ3n) is 2.77. The van der Waals surface area contributed by atoms with Crippen LogP contribution in [0.5, 0.6) is 0 Å². The number of anilines is 2. The second kappa shape index (κ2) is 5.73. The van der Waals surface area contributed by atoms with Crippen molar-refractivity contribution >= 4 is 17.3 Å². The quantitative estimate of drug-likeness (QED) is 0.618. The third-order valence-corrected chi connectivity index (χ3v) is 2.77. The van der Waals surface area contributed by atoms with Gasteiger partial charge in [0.25, 0.3) is 0 Å². The van der Waals surface area contributed by atoms with Gasteiger partial charge < -0.3 is 20.5 Å². The summed E-state index contributed by atoms with van der Waals surface area (Å²) in [4.78, 5) is 11.5. The van der Waals surface area contributed by atoms with E-state index in [1.807, 2.05) is 19.9 Å². The van der Waals surface area contributed by atoms with Crippen LogP contribution in [0.3, 0.4) is 0 Å². The van der Waals surface area contributed by atoms with Crippen LogP contribution in [-0.4, -0.2) is 32.3 Å². The van der Waals surface area contributed by atoms with E-state index in [1.54, 1.807) is 19.2 Å². The lowest BCUT2D eigenvalue weighted by Crippen LogP contribution is -2.32. The van der Waals surface area contributed by atoms with Crippen molar-refractivity contribution in [2.45, 2.75) is 19.4 Å². The number of nitrogen functional groups attached to an aromatic ring is 1. The fourth-order valence-corrected chi connectivity index (χ4v) is 1.39. The number of carbonyl (C=O) groups excluding carboxylic acids is 1. The van der Waals surface area contributed by atoms with Gasteiger partial charge in [-0.25, -0.2) is 4.79 Å². The first-order valence-electron chi connectivity index (χ1n) is 5.67. The lowest BCUT2D eigenvalue weighted by Gasteiger charge is -2.24. The van der Waals surface area contributed by atoms with Crippen molar-refractivity contribution in [3.63, 3.8) is 0 Å². The molecule has 0 radical (unpaired) electrons. The first-order valence-corrected chi connectivity index (χ1v) is 5.67. The molecule has 5 nitrogen and oxygen atoms in total. The number of para-hydroxylation sites is 1. The summed E-state index contributed by atoms with van der Waals surface area (Å²) in [6.07, 6.45) is 0. The Morgan fingerprint density at radius 2 is 2.06 bits per heavy atom. The number of carbonyl (C=O) groups is 1. The summed E-state index contributed by atoms with van der Waals surface area (Å²) in [6, 6.07) is 5.20. The smallest absolute Gasteiger partial charge is 0.340 e. The van der Waals surface area contributed by atoms with Crippen LogP contribution in [0.1, 0.15) is 24.2 Å². The van der Waals surface area contributed by atoms with Gasteiger partial charge in [0, 0.05) is 13.7 Å². The molecule has 3 N–H and O–H groups in total. The predicted molar refractivity (Wildman–Crippen MR) is 71.8 cm³/mol. The minimum atomic E-state index is -0.442. The summed E-state index contributed by atoms with van der Waals surface area (Å²) in [7, 11) is 2.98. The van der Waals surface area contributed by atoms with E-state index in [0.717, 1.165) is 0 Å². The molecule has 18 heavy (non-hydrogen) atoms. The van der Waals surface area contributed by atoms with Gasteiger partial charge in [-0.1, -0.05) is 6.07 Å². The maximum Gasteiger partial charge on any atom is 0.340 e. The van der Waals surface area contributed by atoms with Crippen molar-refractivity contribution in [2.24, 2.45) is 0 Å². The van der Waals surface area contributed by atoms with Gasteiger partial charge in [0.15, 0.2) is 0 Å². The van der Waals surface area contributed by atoms with Crippen LogP contribution in [0.15, 0.2) is 18.2 Å². The van der Waals surface area contributed by atoms with E-state index in [1.165, 1.54) is 7.11 Å². The summed E-state index contributed by atoms with van der Waals surface area (Å²) in [5, 5.41) is 3.17. The van der Waals surface area contributed by atoms with Crippen molar-refractivity contribution in [2.75, 3.05) is 31.8 Å². The van der Waals surface area contributed by atoms with Crippen molar-refractivity contribution < 1.29 is 14.3 Å². The summed E-state index contributed by atoms with van der Waals surface area (Å²) in [5.74, 6) is -0.442. The molecular formula is C13H20N2O3. The molecule has 0 bridgehead atoms. The van der Waals surface area contributed by atoms with Crippen LogP contribution in [0, 0.1) is 0 Å². The topological polar surface area (TPSA) is 73.6 Å². The van der Waals surface area contributed by atoms with Gasteiger partial charge in [0.2, 0.25) is 0 Å². The van der Waals surface area contributed by atoms with Crippen LogP contribution in [0.2, 0.25) is 0 Å². The molecule has 0 amide bonds. The number of methoxy groups -OCH3 is 2. The number of hydrogen-bond donors (Lipinski definition) is 2. The standard InChI is InChI=1S/C13H20N2O3/c1-13(2,18-4)8-15-10-7-5-6-9(11(10)14)12(16)17-3/h5-7,15H,8,14H2,1-4H3. The third kappa shape index (κ3) is 3.37. The average Bonchev–Trinajstić information content (AvgIpc) is 2.36. The maximum atomic E-state index is 11.5. The second-order valence-corrected chi connectivity index (χ2v) is 4.58. The van der Waals surface area contributed by atoms with E-state index in [9.17, 15) is 4.79 Å². The highest BCUT2D eigenvalue weighted by atomic mass is 16.5. The lowest BCUT2D eigenvalue weighted by molar-refractivity contribution is 0.0344. The van der Waals surface area contributed by atoms with Crippen LogP contribution in [0.4, 0.5) is 11.4 Å². The minimum absolute atomic E-state index is 0.312. The first kappa shape index (κ1) is 14.3. The number of esters is 1. The Morgan fingerprint density at radius 1 is 1.39 bits per heavy atom. The van der Waals surface area contributed by atoms with Crippen LogP contribution < -0.4 is 11.1 Å². The molecule has 0 saturated heterocycles. The molecule has 5 heteroatoms. The Labute approximate surface area is 107 Å². The van der Waals surface area contributed by atoms with E-state index < -0.39 is 5.97 Å². The zero-order valence-electron chi connectivity index (χ0n) is 11.2. The highest BCUT2D eigenvalue weighted by Gasteiger charge is 2.18. The molecule has 0 aliphatic heterocycles. The van der Waals surface area contributed by atoms with E-state index >= 15 is 0 Å². The van der Waals surface area contributed by atoms with Crippen molar-refractivity contribution in [3.8, 4) is 0 Å². The van der Waals surface area contributed by atoms with Gasteiger partial charge in [-0.05, 0) is 26.0 Å². The molecule has 1 aromatic rings. The number of benzene rings is 1. The Balaban J connectivity index is 2.88. The number of hydrogen-bond acceptors (Lipinski definition) is 5. The minimum Gasteiger partial charge on any atom is -0.465 e. The molecule has 100 valence electrons. The summed E-state index contributed by atoms with van der Waals surface area (Å²) >= 11 is 0. The summed E-state index contributed by atoms with van der Waals surface area (Å²) < 4.78 is 9.97. The first-order chi connectivity index (χ1) is 8.41. The lowest BCUT2D eigenvalue weighted by atomic mass is 10.1. The highest BCUT2D eigenvalue weighted by molar-refractivity contribution is 5.98. The molecule has 0 aliphatic rings. The van der Waals surface area contributed by atoms with E-state index in [-0.39, 0.29) is 5.60 Å². The van der Waals surface area contributed by atoms with Crippen molar-refractivity contribution in [3.05, 3.63) is 23.8 Å². The average molecular weight is 252 g/mol. The molecule has 0 saturated carbocycles. The van der Waals surface area contributed by atoms with Crippen molar-refractivity contribution in [1.82, 2.24) is 0 Å². The largest absolute Gasteiger partial charge is 0.465 e. The van der Waals surface area contributed by atoms with E-state index in [0.29, 0.717) is 23.5 Å². The predicted octanol–water partition coefficient (Wildman–Crippen LogP) is 1.89. The maximum absolute atomic E-state index is 11.5. The summed E-state index contributed by atoms with van der Waals surface area (Å²) in [6.45, 7) is 4.50. The molecule has 0 heterocycles. The SMILES string of the molecule is COC(=O)c1cccc(NCC(C)(C)OC)c1N. The molecule has 0 fully saturated rings. The number of ether oxygens (including phenoxy) is 2. The van der Waals surface area contributed by atoms with Gasteiger partial charge in [-0.2, -0.15) is 0 Å². The molecule has 0 aromatic heterocycles. The Kier molecular flexibility index (Phi) is 4.55. The van der Waals surface area contributed by atoms with Crippen LogP contribution in [0.25, 0.3) is 0 Å². The molecule has 0 atom stereocenters. The fraction of sp³-hybridized carbons (Fsp3) is 0.462. The molecule has 0 unspecified atom stereocenters. The Hall–Kier alpha value is -1.75. The number of nitrogens with two attached hydrogens (primary N) is 1. The normalized spacial score (nSPS) is 11.1. The molecular weight excluding hydrogens is 232 g/mol. The Morgan fingerprint density at radius 3 is 2.61 bits per heavy atom. The van der Waals surface area contributed by atoms with Crippen LogP contribution >= 0.6 is 0 Å². The van der Waals surface area contributed by atoms with Gasteiger partial charge in [-0.3, -0.25) is 0 Å². The fourth-order valence-electron chi connectivity index (χ4n) is 1.39. The molecule has 0 aliphatic carbocycles. The summed E-state index contributed by atoms with van der Waals surface area (Å²) in [5.41, 5.74) is 7.06. The van der Waals surface area contributed by atoms with Gasteiger partial charge in [-0.15, -0.1) is 0 Å². The number of rotatable bonds is 5. The molecule has 1 aromatic carbocycles. The van der Waals surface area contributed by atoms with Crippen LogP contribution in [-0.2, 0) is 9.47 Å².